The Morgan fingerprint density at radius 3 is 2.81 bits per heavy atom. The van der Waals surface area contributed by atoms with Gasteiger partial charge in [-0.3, -0.25) is 14.4 Å². The van der Waals surface area contributed by atoms with Gasteiger partial charge in [0, 0.05) is 61.9 Å². The number of carbonyl (C=O) groups excluding carboxylic acids is 2. The number of rotatable bonds is 5. The van der Waals surface area contributed by atoms with Crippen LogP contribution in [0.1, 0.15) is 66.9 Å². The SMILES string of the molecule is CO[C@H]1/C=C\C[C@H](C)CS(=O)(NC(=O)N[C@H]2C[C@@H]2CN2CCOCC2)=NC(=O)c2ccc3c(c2)N(C[C@@H]2CC[C@H]21)C[C@@]1(CCCc2cc(Cl)ccc21)CO3. The van der Waals surface area contributed by atoms with Crippen molar-refractivity contribution in [1.29, 1.82) is 0 Å². The molecule has 1 unspecified atom stereocenters. The Kier molecular flexibility index (Phi) is 11.0. The molecule has 13 heteroatoms. The van der Waals surface area contributed by atoms with Gasteiger partial charge in [0.1, 0.15) is 15.7 Å². The minimum atomic E-state index is -3.49. The van der Waals surface area contributed by atoms with Gasteiger partial charge in [-0.25, -0.2) is 9.00 Å². The number of carbonyl (C=O) groups is 2. The number of morpholine rings is 1. The number of hydrogen-bond acceptors (Lipinski definition) is 8. The second kappa shape index (κ2) is 15.8. The Morgan fingerprint density at radius 1 is 1.17 bits per heavy atom. The van der Waals surface area contributed by atoms with Crippen LogP contribution in [0.4, 0.5) is 10.5 Å². The van der Waals surface area contributed by atoms with Crippen molar-refractivity contribution in [2.45, 2.75) is 69.4 Å². The van der Waals surface area contributed by atoms with Gasteiger partial charge in [-0.05, 0) is 110 Å². The number of amides is 3. The summed E-state index contributed by atoms with van der Waals surface area (Å²) < 4.78 is 39.8. The lowest BCUT2D eigenvalue weighted by atomic mass is 9.68. The smallest absolute Gasteiger partial charge is 0.327 e. The van der Waals surface area contributed by atoms with Crippen molar-refractivity contribution in [3.63, 3.8) is 0 Å². The van der Waals surface area contributed by atoms with E-state index >= 15 is 0 Å². The zero-order valence-corrected chi connectivity index (χ0v) is 33.0. The maximum Gasteiger partial charge on any atom is 0.327 e. The lowest BCUT2D eigenvalue weighted by Crippen LogP contribution is -2.49. The number of ether oxygens (including phenoxy) is 3. The highest BCUT2D eigenvalue weighted by Gasteiger charge is 2.45. The molecular formula is C41H54ClN5O6S. The van der Waals surface area contributed by atoms with Crippen LogP contribution in [-0.4, -0.2) is 98.6 Å². The van der Waals surface area contributed by atoms with Crippen LogP contribution >= 0.6 is 11.6 Å². The number of benzene rings is 2. The first kappa shape index (κ1) is 37.7. The lowest BCUT2D eigenvalue weighted by Gasteiger charge is -2.46. The number of nitrogens with one attached hydrogen (secondary N) is 2. The number of hydrogen-bond donors (Lipinski definition) is 2. The van der Waals surface area contributed by atoms with E-state index in [1.807, 2.05) is 25.1 Å². The highest BCUT2D eigenvalue weighted by molar-refractivity contribution is 7.92. The quantitative estimate of drug-likeness (QED) is 0.355. The molecule has 0 aromatic heterocycles. The van der Waals surface area contributed by atoms with Crippen molar-refractivity contribution in [3.8, 4) is 5.75 Å². The van der Waals surface area contributed by atoms with Crippen LogP contribution < -0.4 is 19.7 Å². The van der Waals surface area contributed by atoms with Crippen molar-refractivity contribution in [2.24, 2.45) is 28.0 Å². The van der Waals surface area contributed by atoms with Gasteiger partial charge in [0.2, 0.25) is 0 Å². The van der Waals surface area contributed by atoms with E-state index in [4.69, 9.17) is 25.8 Å². The maximum absolute atomic E-state index is 14.6. The number of anilines is 1. The number of fused-ring (bicyclic) bond motifs is 4. The van der Waals surface area contributed by atoms with Gasteiger partial charge in [-0.1, -0.05) is 36.7 Å². The topological polar surface area (TPSA) is 122 Å². The first-order valence-corrected chi connectivity index (χ1v) is 21.8. The molecule has 3 aliphatic heterocycles. The largest absolute Gasteiger partial charge is 0.490 e. The number of methoxy groups -OCH3 is 1. The van der Waals surface area contributed by atoms with Crippen LogP contribution in [0.5, 0.6) is 5.75 Å². The van der Waals surface area contributed by atoms with Crippen LogP contribution in [0.3, 0.4) is 0 Å². The standard InChI is InChI=1S/C41H54ClN5O6S/c1-27-5-3-7-37(51-2)33-11-8-30(33)23-47-25-41(14-4-6-28-19-32(42)10-12-34(28)41)26-53-38-13-9-29(21-36(38)47)39(48)44-54(50,24-27)45-40(49)43-35-20-31(35)22-46-15-17-52-18-16-46/h3,7,9-10,12-13,19,21,27,30-31,33,35,37H,4-6,8,11,14-18,20,22-26H2,1-2H3,(H2,43,44,45,48,49,50)/b7-3-/t27-,30-,31+,33+,35-,37-,41-,54?/m0/s1. The fourth-order valence-electron chi connectivity index (χ4n) is 9.45. The summed E-state index contributed by atoms with van der Waals surface area (Å²) in [5.41, 5.74) is 3.45. The van der Waals surface area contributed by atoms with E-state index < -0.39 is 21.9 Å². The molecule has 0 radical (unpaired) electrons. The predicted molar refractivity (Wildman–Crippen MR) is 211 cm³/mol. The fourth-order valence-corrected chi connectivity index (χ4v) is 11.5. The normalized spacial score (nSPS) is 34.6. The molecule has 2 bridgehead atoms. The molecule has 2 aromatic rings. The number of nitrogens with zero attached hydrogens (tertiary/aromatic N) is 3. The van der Waals surface area contributed by atoms with Gasteiger partial charge in [0.15, 0.2) is 0 Å². The van der Waals surface area contributed by atoms with E-state index in [0.717, 1.165) is 95.2 Å². The molecule has 3 amide bonds. The summed E-state index contributed by atoms with van der Waals surface area (Å²) in [7, 11) is -1.71. The fraction of sp³-hybridized carbons (Fsp3) is 0.610. The Morgan fingerprint density at radius 2 is 2.02 bits per heavy atom. The Labute approximate surface area is 324 Å². The molecule has 8 atom stereocenters. The molecule has 3 fully saturated rings. The second-order valence-corrected chi connectivity index (χ2v) is 19.0. The molecule has 1 saturated heterocycles. The molecule has 2 N–H and O–H groups in total. The van der Waals surface area contributed by atoms with Gasteiger partial charge < -0.3 is 24.4 Å². The average Bonchev–Trinajstić information content (AvgIpc) is 3.89. The summed E-state index contributed by atoms with van der Waals surface area (Å²) in [6, 6.07) is 11.1. The van der Waals surface area contributed by atoms with E-state index in [-0.39, 0.29) is 29.2 Å². The van der Waals surface area contributed by atoms with Gasteiger partial charge in [0.25, 0.3) is 5.91 Å². The average molecular weight is 780 g/mol. The summed E-state index contributed by atoms with van der Waals surface area (Å²) in [6.07, 6.45) is 10.8. The molecule has 3 aliphatic carbocycles. The molecule has 2 aromatic carbocycles. The van der Waals surface area contributed by atoms with Crippen molar-refractivity contribution in [2.75, 3.05) is 70.3 Å². The van der Waals surface area contributed by atoms with Gasteiger partial charge in [-0.2, -0.15) is 0 Å². The molecule has 54 heavy (non-hydrogen) atoms. The van der Waals surface area contributed by atoms with Crippen LogP contribution in [0.2, 0.25) is 5.02 Å². The van der Waals surface area contributed by atoms with Gasteiger partial charge in [0.05, 0.1) is 37.4 Å². The highest BCUT2D eigenvalue weighted by Crippen LogP contribution is 2.47. The first-order chi connectivity index (χ1) is 26.1. The van der Waals surface area contributed by atoms with E-state index in [2.05, 4.69) is 48.5 Å². The van der Waals surface area contributed by atoms with Gasteiger partial charge in [-0.15, -0.1) is 4.36 Å². The first-order valence-electron chi connectivity index (χ1n) is 19.8. The second-order valence-electron chi connectivity index (χ2n) is 16.6. The van der Waals surface area contributed by atoms with E-state index in [9.17, 15) is 13.8 Å². The van der Waals surface area contributed by atoms with Crippen molar-refractivity contribution in [3.05, 3.63) is 70.3 Å². The zero-order chi connectivity index (χ0) is 37.5. The Bertz CT molecular complexity index is 1890. The van der Waals surface area contributed by atoms with Crippen molar-refractivity contribution >= 4 is 39.1 Å². The van der Waals surface area contributed by atoms with Crippen LogP contribution in [0.25, 0.3) is 0 Å². The zero-order valence-electron chi connectivity index (χ0n) is 31.5. The van der Waals surface area contributed by atoms with Gasteiger partial charge >= 0.3 is 6.03 Å². The third kappa shape index (κ3) is 8.19. The molecule has 11 nitrogen and oxygen atoms in total. The van der Waals surface area contributed by atoms with Crippen LogP contribution in [0, 0.1) is 23.7 Å². The highest BCUT2D eigenvalue weighted by atomic mass is 35.5. The van der Waals surface area contributed by atoms with Crippen molar-refractivity contribution < 1.29 is 28.0 Å². The van der Waals surface area contributed by atoms with Crippen molar-refractivity contribution in [1.82, 2.24) is 14.9 Å². The number of allylic oxidation sites excluding steroid dienone is 1. The monoisotopic (exact) mass is 779 g/mol. The van der Waals surface area contributed by atoms with E-state index in [1.54, 1.807) is 13.2 Å². The predicted octanol–water partition coefficient (Wildman–Crippen LogP) is 5.99. The summed E-state index contributed by atoms with van der Waals surface area (Å²) in [6.45, 7) is 8.12. The molecular weight excluding hydrogens is 726 g/mol. The summed E-state index contributed by atoms with van der Waals surface area (Å²) in [4.78, 5) is 32.2. The van der Waals surface area contributed by atoms with Crippen LogP contribution in [0.15, 0.2) is 52.9 Å². The molecule has 6 aliphatic rings. The molecule has 292 valence electrons. The van der Waals surface area contributed by atoms with E-state index in [1.165, 1.54) is 11.1 Å². The lowest BCUT2D eigenvalue weighted by molar-refractivity contribution is 0.0131. The number of halogens is 1. The molecule has 3 heterocycles. The number of aryl methyl sites for hydroxylation is 1. The third-order valence-electron chi connectivity index (χ3n) is 12.6. The van der Waals surface area contributed by atoms with E-state index in [0.29, 0.717) is 42.1 Å². The van der Waals surface area contributed by atoms with Crippen LogP contribution in [-0.2, 0) is 31.2 Å². The summed E-state index contributed by atoms with van der Waals surface area (Å²) >= 11 is 6.47. The molecule has 1 spiro atoms. The summed E-state index contributed by atoms with van der Waals surface area (Å²) in [5, 5.41) is 3.75. The Balaban J connectivity index is 1.10. The number of urea groups is 1. The maximum atomic E-state index is 14.6. The Hall–Kier alpha value is -3.16. The third-order valence-corrected chi connectivity index (χ3v) is 14.8. The minimum Gasteiger partial charge on any atom is -0.490 e. The summed E-state index contributed by atoms with van der Waals surface area (Å²) in [5.74, 6) is 1.09. The molecule has 8 rings (SSSR count). The molecule has 2 saturated carbocycles. The minimum absolute atomic E-state index is 0.00798.